The number of aromatic nitrogens is 2. The minimum atomic E-state index is -0.982. The fourth-order valence-corrected chi connectivity index (χ4v) is 6.90. The van der Waals surface area contributed by atoms with Crippen molar-refractivity contribution in [3.8, 4) is 17.8 Å². The quantitative estimate of drug-likeness (QED) is 0.620. The van der Waals surface area contributed by atoms with Crippen LogP contribution in [0.4, 0.5) is 10.6 Å². The lowest BCUT2D eigenvalue weighted by atomic mass is 9.66. The summed E-state index contributed by atoms with van der Waals surface area (Å²) in [5.74, 6) is 1.80. The second kappa shape index (κ2) is 10.5. The number of para-hydroxylation sites is 1. The van der Waals surface area contributed by atoms with Crippen LogP contribution < -0.4 is 14.4 Å². The third-order valence-corrected chi connectivity index (χ3v) is 9.14. The van der Waals surface area contributed by atoms with Crippen molar-refractivity contribution in [2.24, 2.45) is 0 Å². The molecule has 3 aliphatic heterocycles. The minimum absolute atomic E-state index is 0.0399. The predicted molar refractivity (Wildman–Crippen MR) is 144 cm³/mol. The molecule has 4 aliphatic rings. The molecule has 1 spiro atoms. The number of anilines is 1. The lowest BCUT2D eigenvalue weighted by Crippen LogP contribution is -2.55. The molecule has 0 saturated carbocycles. The van der Waals surface area contributed by atoms with E-state index < -0.39 is 12.1 Å². The Bertz CT molecular complexity index is 1280. The summed E-state index contributed by atoms with van der Waals surface area (Å²) in [4.78, 5) is 27.6. The van der Waals surface area contributed by atoms with Crippen LogP contribution in [0.1, 0.15) is 48.9 Å². The summed E-state index contributed by atoms with van der Waals surface area (Å²) in [6.07, 6.45) is 4.95. The third-order valence-electron chi connectivity index (χ3n) is 9.14. The van der Waals surface area contributed by atoms with Gasteiger partial charge in [0.15, 0.2) is 0 Å². The maximum atomic E-state index is 11.8. The Morgan fingerprint density at radius 1 is 1.23 bits per heavy atom. The normalized spacial score (nSPS) is 26.5. The molecule has 10 heteroatoms. The van der Waals surface area contributed by atoms with E-state index in [4.69, 9.17) is 19.4 Å². The number of amides is 1. The second-order valence-electron chi connectivity index (χ2n) is 11.3. The van der Waals surface area contributed by atoms with Gasteiger partial charge >= 0.3 is 12.1 Å². The van der Waals surface area contributed by atoms with E-state index in [1.54, 1.807) is 0 Å². The standard InChI is InChI=1S/C29H36N6O4/c1-33-13-4-5-21(33)19-39-27-31-24-17-29(11-16-38-25-7-3-2-6-23(25)29)10-8-22(24)26(32-27)34-14-15-35(28(36)37)20(18-34)9-12-30/h2-3,6-7,20-21H,4-5,8-11,13-19H2,1H3,(H,36,37)/t20-,21-,29?/m0/s1. The van der Waals surface area contributed by atoms with Crippen molar-refractivity contribution in [3.63, 3.8) is 0 Å². The molecular weight excluding hydrogens is 496 g/mol. The Kier molecular flexibility index (Phi) is 6.94. The maximum absolute atomic E-state index is 11.8. The van der Waals surface area contributed by atoms with E-state index in [1.807, 2.05) is 6.07 Å². The minimum Gasteiger partial charge on any atom is -0.493 e. The highest BCUT2D eigenvalue weighted by atomic mass is 16.5. The van der Waals surface area contributed by atoms with Gasteiger partial charge in [-0.3, -0.25) is 0 Å². The van der Waals surface area contributed by atoms with Gasteiger partial charge in [-0.1, -0.05) is 18.2 Å². The fraction of sp³-hybridized carbons (Fsp3) is 0.586. The van der Waals surface area contributed by atoms with Gasteiger partial charge in [0.05, 0.1) is 30.8 Å². The SMILES string of the molecule is CN1CCC[C@H]1COc1nc2c(c(N3CCN(C(=O)O)[C@@H](CC#N)C3)n1)CCC1(CCOc3ccccc31)C2. The number of ether oxygens (including phenoxy) is 2. The van der Waals surface area contributed by atoms with Crippen molar-refractivity contribution in [3.05, 3.63) is 41.1 Å². The van der Waals surface area contributed by atoms with E-state index in [9.17, 15) is 15.2 Å². The van der Waals surface area contributed by atoms with Gasteiger partial charge < -0.3 is 29.3 Å². The molecule has 1 unspecified atom stereocenters. The lowest BCUT2D eigenvalue weighted by Gasteiger charge is -2.44. The molecule has 2 fully saturated rings. The number of benzene rings is 1. The topological polar surface area (TPSA) is 115 Å². The van der Waals surface area contributed by atoms with Crippen LogP contribution in [-0.4, -0.2) is 89.5 Å². The van der Waals surface area contributed by atoms with Gasteiger partial charge in [0.2, 0.25) is 0 Å². The Balaban J connectivity index is 1.34. The number of nitriles is 1. The summed E-state index contributed by atoms with van der Waals surface area (Å²) in [5, 5.41) is 19.1. The third kappa shape index (κ3) is 4.84. The number of hydrogen-bond donors (Lipinski definition) is 1. The molecular formula is C29H36N6O4. The first-order chi connectivity index (χ1) is 19.0. The zero-order valence-electron chi connectivity index (χ0n) is 22.5. The Morgan fingerprint density at radius 3 is 2.90 bits per heavy atom. The van der Waals surface area contributed by atoms with E-state index in [0.29, 0.717) is 44.9 Å². The smallest absolute Gasteiger partial charge is 0.407 e. The molecule has 1 N–H and O–H groups in total. The van der Waals surface area contributed by atoms with Crippen molar-refractivity contribution in [2.75, 3.05) is 51.3 Å². The van der Waals surface area contributed by atoms with Gasteiger partial charge in [-0.05, 0) is 51.8 Å². The molecule has 2 aromatic rings. The van der Waals surface area contributed by atoms with Crippen molar-refractivity contribution >= 4 is 11.9 Å². The summed E-state index contributed by atoms with van der Waals surface area (Å²) >= 11 is 0. The van der Waals surface area contributed by atoms with Crippen LogP contribution in [0.15, 0.2) is 24.3 Å². The van der Waals surface area contributed by atoms with Crippen molar-refractivity contribution < 1.29 is 19.4 Å². The summed E-state index contributed by atoms with van der Waals surface area (Å²) in [5.41, 5.74) is 3.34. The van der Waals surface area contributed by atoms with E-state index in [1.165, 1.54) is 16.9 Å². The van der Waals surface area contributed by atoms with Gasteiger partial charge in [0.1, 0.15) is 18.2 Å². The molecule has 10 nitrogen and oxygen atoms in total. The maximum Gasteiger partial charge on any atom is 0.407 e. The van der Waals surface area contributed by atoms with Crippen molar-refractivity contribution in [1.82, 2.24) is 19.8 Å². The number of carboxylic acid groups (broad SMARTS) is 1. The first kappa shape index (κ1) is 25.7. The molecule has 1 aromatic heterocycles. The Labute approximate surface area is 229 Å². The largest absolute Gasteiger partial charge is 0.493 e. The highest BCUT2D eigenvalue weighted by Gasteiger charge is 2.43. The van der Waals surface area contributed by atoms with Crippen LogP contribution in [-0.2, 0) is 18.3 Å². The summed E-state index contributed by atoms with van der Waals surface area (Å²) in [7, 11) is 2.13. The van der Waals surface area contributed by atoms with E-state index in [-0.39, 0.29) is 11.8 Å². The van der Waals surface area contributed by atoms with E-state index in [0.717, 1.165) is 61.5 Å². The van der Waals surface area contributed by atoms with Crippen molar-refractivity contribution in [2.45, 2.75) is 62.4 Å². The fourth-order valence-electron chi connectivity index (χ4n) is 6.90. The molecule has 39 heavy (non-hydrogen) atoms. The van der Waals surface area contributed by atoms with Gasteiger partial charge in [0.25, 0.3) is 0 Å². The van der Waals surface area contributed by atoms with Crippen LogP contribution in [0.25, 0.3) is 0 Å². The number of rotatable bonds is 5. The highest BCUT2D eigenvalue weighted by molar-refractivity contribution is 5.66. The molecule has 1 aliphatic carbocycles. The number of piperazine rings is 1. The summed E-state index contributed by atoms with van der Waals surface area (Å²) in [6, 6.07) is 10.9. The zero-order chi connectivity index (χ0) is 27.0. The van der Waals surface area contributed by atoms with Gasteiger partial charge in [0, 0.05) is 48.6 Å². The number of likely N-dealkylation sites (N-methyl/N-ethyl adjacent to an activating group) is 1. The van der Waals surface area contributed by atoms with Crippen LogP contribution in [0.2, 0.25) is 0 Å². The lowest BCUT2D eigenvalue weighted by molar-refractivity contribution is 0.118. The number of carbonyl (C=O) groups is 1. The van der Waals surface area contributed by atoms with Crippen LogP contribution in [0, 0.1) is 11.3 Å². The zero-order valence-corrected chi connectivity index (χ0v) is 22.5. The van der Waals surface area contributed by atoms with Crippen LogP contribution in [0.5, 0.6) is 11.8 Å². The van der Waals surface area contributed by atoms with E-state index in [2.05, 4.69) is 41.1 Å². The number of hydrogen-bond acceptors (Lipinski definition) is 8. The Hall–Kier alpha value is -3.58. The molecule has 3 atom stereocenters. The first-order valence-corrected chi connectivity index (χ1v) is 14.0. The van der Waals surface area contributed by atoms with Crippen molar-refractivity contribution in [1.29, 1.82) is 5.26 Å². The van der Waals surface area contributed by atoms with Crippen LogP contribution >= 0.6 is 0 Å². The molecule has 6 rings (SSSR count). The Morgan fingerprint density at radius 2 is 2.10 bits per heavy atom. The highest BCUT2D eigenvalue weighted by Crippen LogP contribution is 2.48. The number of likely N-dealkylation sites (tertiary alicyclic amines) is 1. The van der Waals surface area contributed by atoms with Gasteiger partial charge in [-0.25, -0.2) is 4.79 Å². The van der Waals surface area contributed by atoms with Crippen LogP contribution in [0.3, 0.4) is 0 Å². The summed E-state index contributed by atoms with van der Waals surface area (Å²) in [6.45, 7) is 3.58. The number of fused-ring (bicyclic) bond motifs is 3. The molecule has 0 bridgehead atoms. The molecule has 206 valence electrons. The average molecular weight is 533 g/mol. The molecule has 4 heterocycles. The first-order valence-electron chi connectivity index (χ1n) is 14.0. The molecule has 1 aromatic carbocycles. The second-order valence-corrected chi connectivity index (χ2v) is 11.3. The monoisotopic (exact) mass is 532 g/mol. The summed E-state index contributed by atoms with van der Waals surface area (Å²) < 4.78 is 12.3. The van der Waals surface area contributed by atoms with Gasteiger partial charge in [-0.15, -0.1) is 0 Å². The molecule has 1 amide bonds. The average Bonchev–Trinajstić information content (AvgIpc) is 3.36. The molecule has 2 saturated heterocycles. The number of nitrogens with zero attached hydrogens (tertiary/aromatic N) is 6. The predicted octanol–water partition coefficient (Wildman–Crippen LogP) is 3.24. The van der Waals surface area contributed by atoms with E-state index >= 15 is 0 Å². The molecule has 0 radical (unpaired) electrons. The van der Waals surface area contributed by atoms with Gasteiger partial charge in [-0.2, -0.15) is 15.2 Å².